The van der Waals surface area contributed by atoms with Gasteiger partial charge in [-0.2, -0.15) is 8.42 Å². The van der Waals surface area contributed by atoms with Crippen molar-refractivity contribution in [3.8, 4) is 0 Å². The summed E-state index contributed by atoms with van der Waals surface area (Å²) in [6, 6.07) is 0. The summed E-state index contributed by atoms with van der Waals surface area (Å²) in [5.41, 5.74) is 0. The van der Waals surface area contributed by atoms with Crippen LogP contribution in [0, 0.1) is 0 Å². The number of carbonyl (C=O) groups is 1. The minimum atomic E-state index is -4.15. The van der Waals surface area contributed by atoms with Crippen molar-refractivity contribution in [2.24, 2.45) is 0 Å². The average molecular weight is 417 g/mol. The third-order valence-electron chi connectivity index (χ3n) is 4.44. The second-order valence-electron chi connectivity index (χ2n) is 7.11. The molecule has 0 saturated carbocycles. The van der Waals surface area contributed by atoms with Crippen molar-refractivity contribution in [2.75, 3.05) is 6.61 Å². The molecule has 0 amide bonds. The normalized spacial score (nSPS) is 11.2. The van der Waals surface area contributed by atoms with E-state index in [-0.39, 0.29) is 36.2 Å². The zero-order valence-electron chi connectivity index (χ0n) is 17.0. The van der Waals surface area contributed by atoms with Gasteiger partial charge in [0.25, 0.3) is 0 Å². The van der Waals surface area contributed by atoms with Crippen LogP contribution in [0.5, 0.6) is 0 Å². The van der Waals surface area contributed by atoms with Gasteiger partial charge in [-0.1, -0.05) is 103 Å². The molecule has 0 spiro atoms. The summed E-state index contributed by atoms with van der Waals surface area (Å²) in [6.45, 7) is 3.37. The van der Waals surface area contributed by atoms with Crippen LogP contribution in [0.15, 0.2) is 0 Å². The summed E-state index contributed by atoms with van der Waals surface area (Å²) in [5, 5.41) is 0. The zero-order chi connectivity index (χ0) is 19.5. The van der Waals surface area contributed by atoms with Crippen molar-refractivity contribution in [3.63, 3.8) is 0 Å². The first-order chi connectivity index (χ1) is 12.5. The quantitative estimate of drug-likeness (QED) is 0.208. The Morgan fingerprint density at radius 1 is 0.667 bits per heavy atom. The standard InChI is InChI=1S/C20H40O5S.Na.H/c1-3-4-5-6-7-8-9-10-11-12-13-14-15-16-17-18-19-24-26(22,23)25-20(2)21;;/h3-19H2,1-2H3;;. The molecule has 0 radical (unpaired) electrons. The van der Waals surface area contributed by atoms with Gasteiger partial charge >= 0.3 is 45.9 Å². The molecular weight excluding hydrogens is 375 g/mol. The molecule has 27 heavy (non-hydrogen) atoms. The van der Waals surface area contributed by atoms with Gasteiger partial charge in [0, 0.05) is 6.92 Å². The summed E-state index contributed by atoms with van der Waals surface area (Å²) in [7, 11) is -4.15. The van der Waals surface area contributed by atoms with E-state index in [1.807, 2.05) is 0 Å². The second-order valence-corrected chi connectivity index (χ2v) is 8.33. The third kappa shape index (κ3) is 24.3. The van der Waals surface area contributed by atoms with Crippen LogP contribution in [0.1, 0.15) is 117 Å². The molecule has 0 aliphatic rings. The van der Waals surface area contributed by atoms with E-state index in [2.05, 4.69) is 15.3 Å². The first-order valence-corrected chi connectivity index (χ1v) is 11.9. The van der Waals surface area contributed by atoms with E-state index in [4.69, 9.17) is 0 Å². The van der Waals surface area contributed by atoms with E-state index in [1.54, 1.807) is 0 Å². The van der Waals surface area contributed by atoms with Gasteiger partial charge in [-0.25, -0.2) is 4.18 Å². The Labute approximate surface area is 190 Å². The van der Waals surface area contributed by atoms with Crippen LogP contribution in [-0.4, -0.2) is 50.6 Å². The molecule has 0 saturated heterocycles. The van der Waals surface area contributed by atoms with Crippen LogP contribution in [0.4, 0.5) is 0 Å². The first-order valence-electron chi connectivity index (χ1n) is 10.6. The van der Waals surface area contributed by atoms with Crippen LogP contribution >= 0.6 is 0 Å². The van der Waals surface area contributed by atoms with E-state index in [0.29, 0.717) is 6.42 Å². The maximum atomic E-state index is 11.1. The van der Waals surface area contributed by atoms with Crippen molar-refractivity contribution in [1.29, 1.82) is 0 Å². The molecule has 0 rings (SSSR count). The summed E-state index contributed by atoms with van der Waals surface area (Å²) in [5.74, 6) is -0.878. The topological polar surface area (TPSA) is 69.7 Å². The predicted octanol–water partition coefficient (Wildman–Crippen LogP) is 5.42. The minimum absolute atomic E-state index is 0. The van der Waals surface area contributed by atoms with Crippen LogP contribution in [0.2, 0.25) is 0 Å². The van der Waals surface area contributed by atoms with E-state index in [0.717, 1.165) is 19.8 Å². The molecular formula is C20H41NaO5S. The number of carbonyl (C=O) groups excluding carboxylic acids is 1. The van der Waals surface area contributed by atoms with Gasteiger partial charge in [-0.3, -0.25) is 4.79 Å². The summed E-state index contributed by atoms with van der Waals surface area (Å²) >= 11 is 0. The second kappa shape index (κ2) is 21.1. The van der Waals surface area contributed by atoms with Gasteiger partial charge in [0.05, 0.1) is 6.61 Å². The van der Waals surface area contributed by atoms with Crippen molar-refractivity contribution >= 4 is 45.9 Å². The van der Waals surface area contributed by atoms with Crippen LogP contribution in [0.25, 0.3) is 0 Å². The summed E-state index contributed by atoms with van der Waals surface area (Å²) < 4.78 is 30.9. The Balaban J connectivity index is 0. The summed E-state index contributed by atoms with van der Waals surface area (Å²) in [4.78, 5) is 10.6. The first kappa shape index (κ1) is 29.6. The van der Waals surface area contributed by atoms with Gasteiger partial charge in [-0.15, -0.1) is 0 Å². The number of hydrogen-bond donors (Lipinski definition) is 0. The predicted molar refractivity (Wildman–Crippen MR) is 113 cm³/mol. The Bertz CT molecular complexity index is 426. The van der Waals surface area contributed by atoms with E-state index >= 15 is 0 Å². The van der Waals surface area contributed by atoms with Crippen LogP contribution in [0.3, 0.4) is 0 Å². The van der Waals surface area contributed by atoms with Gasteiger partial charge in [0.15, 0.2) is 0 Å². The molecule has 0 unspecified atom stereocenters. The van der Waals surface area contributed by atoms with Crippen LogP contribution < -0.4 is 0 Å². The molecule has 0 fully saturated rings. The molecule has 0 heterocycles. The molecule has 5 nitrogen and oxygen atoms in total. The summed E-state index contributed by atoms with van der Waals surface area (Å²) in [6.07, 6.45) is 20.2. The molecule has 0 aromatic heterocycles. The molecule has 0 aromatic rings. The van der Waals surface area contributed by atoms with Gasteiger partial charge < -0.3 is 4.18 Å². The fraction of sp³-hybridized carbons (Fsp3) is 0.950. The van der Waals surface area contributed by atoms with Crippen molar-refractivity contribution in [2.45, 2.75) is 117 Å². The van der Waals surface area contributed by atoms with Crippen LogP contribution in [-0.2, 0) is 23.6 Å². The zero-order valence-corrected chi connectivity index (χ0v) is 17.8. The Morgan fingerprint density at radius 2 is 1.00 bits per heavy atom. The number of unbranched alkanes of at least 4 members (excludes halogenated alkanes) is 15. The molecule has 0 aromatic carbocycles. The molecule has 0 aliphatic heterocycles. The monoisotopic (exact) mass is 416 g/mol. The van der Waals surface area contributed by atoms with E-state index in [9.17, 15) is 13.2 Å². The van der Waals surface area contributed by atoms with Crippen molar-refractivity contribution in [3.05, 3.63) is 0 Å². The Hall–Kier alpha value is 0.380. The number of rotatable bonds is 19. The van der Waals surface area contributed by atoms with Gasteiger partial charge in [0.1, 0.15) is 0 Å². The fourth-order valence-electron chi connectivity index (χ4n) is 2.98. The molecule has 0 N–H and O–H groups in total. The SMILES string of the molecule is CCCCCCCCCCCCCCCCCCOS(=O)(=O)OC(C)=O.[NaH]. The molecule has 158 valence electrons. The Kier molecular flexibility index (Phi) is 23.1. The van der Waals surface area contributed by atoms with Crippen molar-refractivity contribution < 1.29 is 21.6 Å². The van der Waals surface area contributed by atoms with Crippen molar-refractivity contribution in [1.82, 2.24) is 0 Å². The molecule has 0 bridgehead atoms. The number of hydrogen-bond acceptors (Lipinski definition) is 5. The average Bonchev–Trinajstić information content (AvgIpc) is 2.56. The molecule has 7 heteroatoms. The van der Waals surface area contributed by atoms with E-state index in [1.165, 1.54) is 83.5 Å². The third-order valence-corrected chi connectivity index (χ3v) is 5.34. The van der Waals surface area contributed by atoms with Gasteiger partial charge in [-0.05, 0) is 6.42 Å². The molecule has 0 aliphatic carbocycles. The Morgan fingerprint density at radius 3 is 1.33 bits per heavy atom. The maximum absolute atomic E-state index is 11.1. The van der Waals surface area contributed by atoms with E-state index < -0.39 is 16.4 Å². The van der Waals surface area contributed by atoms with Gasteiger partial charge in [0.2, 0.25) is 0 Å². The molecule has 0 atom stereocenters. The fourth-order valence-corrected chi connectivity index (χ4v) is 3.64.